The smallest absolute Gasteiger partial charge is 0.0983 e. The number of imidazole rings is 1. The average molecular weight is 234 g/mol. The van der Waals surface area contributed by atoms with Gasteiger partial charge in [-0.05, 0) is 37.5 Å². The number of aliphatic hydroxyl groups is 1. The van der Waals surface area contributed by atoms with Crippen molar-refractivity contribution in [3.8, 4) is 0 Å². The van der Waals surface area contributed by atoms with Gasteiger partial charge in [0, 0.05) is 6.04 Å². The molecule has 0 bridgehead atoms. The predicted molar refractivity (Wildman–Crippen MR) is 66.6 cm³/mol. The lowest BCUT2D eigenvalue weighted by molar-refractivity contribution is 0.0690. The summed E-state index contributed by atoms with van der Waals surface area (Å²) in [7, 11) is 0. The number of aliphatic hydroxyl groups excluding tert-OH is 1. The second kappa shape index (κ2) is 4.45. The van der Waals surface area contributed by atoms with E-state index in [2.05, 4.69) is 16.5 Å². The molecule has 0 spiro atoms. The van der Waals surface area contributed by atoms with Gasteiger partial charge in [0.25, 0.3) is 0 Å². The van der Waals surface area contributed by atoms with Crippen molar-refractivity contribution >= 4 is 0 Å². The summed E-state index contributed by atoms with van der Waals surface area (Å²) in [6, 6.07) is 0.615. The molecule has 3 nitrogen and oxygen atoms in total. The maximum atomic E-state index is 10.5. The zero-order chi connectivity index (χ0) is 11.8. The summed E-state index contributed by atoms with van der Waals surface area (Å²) in [5, 5.41) is 10.5. The maximum absolute atomic E-state index is 10.5. The van der Waals surface area contributed by atoms with Crippen molar-refractivity contribution in [1.82, 2.24) is 9.55 Å². The third-order valence-corrected chi connectivity index (χ3v) is 4.45. The first-order chi connectivity index (χ1) is 8.25. The van der Waals surface area contributed by atoms with Gasteiger partial charge in [-0.3, -0.25) is 0 Å². The van der Waals surface area contributed by atoms with Crippen LogP contribution in [-0.4, -0.2) is 14.7 Å². The molecule has 0 amide bonds. The van der Waals surface area contributed by atoms with Crippen LogP contribution in [0.25, 0.3) is 0 Å². The van der Waals surface area contributed by atoms with Crippen molar-refractivity contribution in [1.29, 1.82) is 0 Å². The first-order valence-corrected chi connectivity index (χ1v) is 6.95. The third kappa shape index (κ3) is 2.25. The molecule has 0 aromatic carbocycles. The van der Waals surface area contributed by atoms with Crippen molar-refractivity contribution in [3.63, 3.8) is 0 Å². The van der Waals surface area contributed by atoms with Gasteiger partial charge in [-0.1, -0.05) is 19.8 Å². The van der Waals surface area contributed by atoms with Crippen LogP contribution in [0.3, 0.4) is 0 Å². The molecule has 1 N–H and O–H groups in total. The Bertz CT molecular complexity index is 375. The zero-order valence-corrected chi connectivity index (χ0v) is 10.5. The van der Waals surface area contributed by atoms with Crippen LogP contribution in [0.5, 0.6) is 0 Å². The van der Waals surface area contributed by atoms with Crippen molar-refractivity contribution in [2.45, 2.75) is 57.6 Å². The first-order valence-electron chi connectivity index (χ1n) is 6.95. The Kier molecular flexibility index (Phi) is 2.95. The molecule has 2 aliphatic carbocycles. The van der Waals surface area contributed by atoms with Gasteiger partial charge < -0.3 is 9.67 Å². The second-order valence-electron chi connectivity index (χ2n) is 5.92. The molecule has 3 heteroatoms. The molecule has 17 heavy (non-hydrogen) atoms. The summed E-state index contributed by atoms with van der Waals surface area (Å²) in [5.41, 5.74) is 1.05. The van der Waals surface area contributed by atoms with Crippen molar-refractivity contribution in [2.75, 3.05) is 0 Å². The summed E-state index contributed by atoms with van der Waals surface area (Å²) < 4.78 is 2.20. The van der Waals surface area contributed by atoms with Crippen molar-refractivity contribution in [2.24, 2.45) is 11.8 Å². The van der Waals surface area contributed by atoms with Crippen LogP contribution in [0.15, 0.2) is 12.5 Å². The van der Waals surface area contributed by atoms with E-state index >= 15 is 0 Å². The highest BCUT2D eigenvalue weighted by atomic mass is 16.3. The summed E-state index contributed by atoms with van der Waals surface area (Å²) in [5.74, 6) is 1.28. The van der Waals surface area contributed by atoms with Crippen LogP contribution in [0, 0.1) is 11.8 Å². The molecule has 0 aliphatic heterocycles. The summed E-state index contributed by atoms with van der Waals surface area (Å²) in [6.45, 7) is 2.32. The van der Waals surface area contributed by atoms with E-state index in [1.807, 2.05) is 12.5 Å². The van der Waals surface area contributed by atoms with Crippen molar-refractivity contribution < 1.29 is 5.11 Å². The lowest BCUT2D eigenvalue weighted by atomic mass is 9.79. The number of aromatic nitrogens is 2. The molecule has 0 saturated heterocycles. The Hall–Kier alpha value is -0.830. The fourth-order valence-corrected chi connectivity index (χ4v) is 3.04. The standard InChI is InChI=1S/C14H22N2O/c1-10-2-4-11(5-3-10)14(17)13-8-15-9-16(13)12-6-7-12/h8-12,14,17H,2-7H2,1H3. The minimum Gasteiger partial charge on any atom is -0.387 e. The Morgan fingerprint density at radius 1 is 1.24 bits per heavy atom. The van der Waals surface area contributed by atoms with E-state index in [4.69, 9.17) is 0 Å². The molecule has 1 atom stereocenters. The number of hydrogen-bond acceptors (Lipinski definition) is 2. The number of hydrogen-bond donors (Lipinski definition) is 1. The van der Waals surface area contributed by atoms with Gasteiger partial charge in [0.2, 0.25) is 0 Å². The van der Waals surface area contributed by atoms with Crippen LogP contribution >= 0.6 is 0 Å². The molecule has 1 aromatic rings. The fourth-order valence-electron chi connectivity index (χ4n) is 3.04. The fraction of sp³-hybridized carbons (Fsp3) is 0.786. The summed E-state index contributed by atoms with van der Waals surface area (Å²) in [6.07, 6.45) is 10.8. The summed E-state index contributed by atoms with van der Waals surface area (Å²) in [4.78, 5) is 4.22. The number of nitrogens with zero attached hydrogens (tertiary/aromatic N) is 2. The monoisotopic (exact) mass is 234 g/mol. The van der Waals surface area contributed by atoms with E-state index in [0.717, 1.165) is 24.5 Å². The largest absolute Gasteiger partial charge is 0.387 e. The van der Waals surface area contributed by atoms with Gasteiger partial charge in [0.05, 0.1) is 24.3 Å². The van der Waals surface area contributed by atoms with Gasteiger partial charge in [0.15, 0.2) is 0 Å². The minimum absolute atomic E-state index is 0.300. The van der Waals surface area contributed by atoms with Crippen LogP contribution in [0.4, 0.5) is 0 Å². The van der Waals surface area contributed by atoms with Crippen LogP contribution in [-0.2, 0) is 0 Å². The Morgan fingerprint density at radius 2 is 1.94 bits per heavy atom. The molecule has 94 valence electrons. The maximum Gasteiger partial charge on any atom is 0.0983 e. The van der Waals surface area contributed by atoms with Gasteiger partial charge in [-0.15, -0.1) is 0 Å². The number of rotatable bonds is 3. The molecule has 2 saturated carbocycles. The van der Waals surface area contributed by atoms with E-state index < -0.39 is 0 Å². The molecule has 2 fully saturated rings. The van der Waals surface area contributed by atoms with E-state index in [0.29, 0.717) is 12.0 Å². The summed E-state index contributed by atoms with van der Waals surface area (Å²) >= 11 is 0. The van der Waals surface area contributed by atoms with E-state index in [9.17, 15) is 5.11 Å². The second-order valence-corrected chi connectivity index (χ2v) is 5.92. The molecule has 1 heterocycles. The molecule has 1 aromatic heterocycles. The van der Waals surface area contributed by atoms with E-state index in [-0.39, 0.29) is 6.10 Å². The van der Waals surface area contributed by atoms with Crippen LogP contribution in [0.1, 0.15) is 63.3 Å². The highest BCUT2D eigenvalue weighted by Gasteiger charge is 2.31. The molecule has 2 aliphatic rings. The zero-order valence-electron chi connectivity index (χ0n) is 10.5. The van der Waals surface area contributed by atoms with Crippen molar-refractivity contribution in [3.05, 3.63) is 18.2 Å². The normalized spacial score (nSPS) is 31.4. The SMILES string of the molecule is CC1CCC(C(O)c2cncn2C2CC2)CC1. The lowest BCUT2D eigenvalue weighted by Gasteiger charge is -2.30. The Labute approximate surface area is 103 Å². The van der Waals surface area contributed by atoms with Gasteiger partial charge in [-0.2, -0.15) is 0 Å². The van der Waals surface area contributed by atoms with Gasteiger partial charge >= 0.3 is 0 Å². The van der Waals surface area contributed by atoms with Gasteiger partial charge in [-0.25, -0.2) is 4.98 Å². The Morgan fingerprint density at radius 3 is 2.59 bits per heavy atom. The van der Waals surface area contributed by atoms with E-state index in [1.165, 1.54) is 25.7 Å². The van der Waals surface area contributed by atoms with Crippen LogP contribution in [0.2, 0.25) is 0 Å². The molecular weight excluding hydrogens is 212 g/mol. The molecule has 3 rings (SSSR count). The highest BCUT2D eigenvalue weighted by Crippen LogP contribution is 2.41. The molecular formula is C14H22N2O. The molecule has 0 radical (unpaired) electrons. The highest BCUT2D eigenvalue weighted by molar-refractivity contribution is 5.08. The molecule has 1 unspecified atom stereocenters. The first kappa shape index (κ1) is 11.3. The minimum atomic E-state index is -0.300. The predicted octanol–water partition coefficient (Wildman–Crippen LogP) is 3.08. The lowest BCUT2D eigenvalue weighted by Crippen LogP contribution is -2.21. The van der Waals surface area contributed by atoms with E-state index in [1.54, 1.807) is 0 Å². The third-order valence-electron chi connectivity index (χ3n) is 4.45. The Balaban J connectivity index is 1.72. The van der Waals surface area contributed by atoms with Crippen LogP contribution < -0.4 is 0 Å². The topological polar surface area (TPSA) is 38.1 Å². The quantitative estimate of drug-likeness (QED) is 0.872. The van der Waals surface area contributed by atoms with Gasteiger partial charge in [0.1, 0.15) is 0 Å². The average Bonchev–Trinajstić information content (AvgIpc) is 3.07.